The molecule has 0 aliphatic heterocycles. The molecule has 9 nitrogen and oxygen atoms in total. The zero-order valence-electron chi connectivity index (χ0n) is 27.8. The number of carbonyl (C=O) groups is 3. The van der Waals surface area contributed by atoms with Crippen molar-refractivity contribution in [1.82, 2.24) is 0 Å². The minimum atomic E-state index is -0.314. The lowest BCUT2D eigenvalue weighted by atomic mass is 9.76. The van der Waals surface area contributed by atoms with Crippen molar-refractivity contribution in [1.29, 1.82) is 0 Å². The molecule has 0 bridgehead atoms. The quantitative estimate of drug-likeness (QED) is 0.122. The SMILES string of the molecule is COC(=O)/C=C1\Cc2ccc(OCc3ccccc3)cc21.COC(=O)C[C@@H]1Cc2ccc(O)cc21.COC(=O)C[C@H]1Cc2ccc(O)cc21. The summed E-state index contributed by atoms with van der Waals surface area (Å²) in [4.78, 5) is 33.3. The van der Waals surface area contributed by atoms with Gasteiger partial charge in [-0.15, -0.1) is 0 Å². The Morgan fingerprint density at radius 3 is 1.78 bits per heavy atom. The van der Waals surface area contributed by atoms with E-state index in [4.69, 9.17) is 4.74 Å². The number of ether oxygens (including phenoxy) is 4. The Kier molecular flexibility index (Phi) is 11.4. The lowest BCUT2D eigenvalue weighted by Gasteiger charge is -2.29. The molecule has 0 spiro atoms. The number of carbonyl (C=O) groups excluding carboxylic acids is 3. The number of allylic oxidation sites excluding steroid dienone is 1. The Morgan fingerprint density at radius 1 is 0.694 bits per heavy atom. The third-order valence-electron chi connectivity index (χ3n) is 8.90. The first-order chi connectivity index (χ1) is 23.7. The standard InChI is InChI=1S/C18H16O3.2C11H12O3/c1-20-18(19)10-15-9-14-7-8-16(11-17(14)15)21-12-13-5-3-2-4-6-13;2*1-14-11(13)5-8-4-7-2-3-9(12)6-10(7)8/h2-8,10-11H,9,12H2,1H3;2*2-3,6,8,12H,4-5H2,1H3/b15-10+;;/t;2*8-/m.10/s1. The molecule has 4 aromatic carbocycles. The largest absolute Gasteiger partial charge is 0.508 e. The molecule has 3 aliphatic carbocycles. The number of hydrogen-bond acceptors (Lipinski definition) is 9. The van der Waals surface area contributed by atoms with Crippen LogP contribution >= 0.6 is 0 Å². The number of esters is 3. The van der Waals surface area contributed by atoms with E-state index >= 15 is 0 Å². The van der Waals surface area contributed by atoms with Crippen molar-refractivity contribution in [2.75, 3.05) is 21.3 Å². The summed E-state index contributed by atoms with van der Waals surface area (Å²) < 4.78 is 19.7. The molecule has 7 rings (SSSR count). The van der Waals surface area contributed by atoms with Crippen LogP contribution in [-0.4, -0.2) is 49.5 Å². The Hall–Kier alpha value is -5.57. The molecule has 2 atom stereocenters. The summed E-state index contributed by atoms with van der Waals surface area (Å²) in [5.74, 6) is 1.10. The van der Waals surface area contributed by atoms with Gasteiger partial charge in [-0.2, -0.15) is 0 Å². The first-order valence-corrected chi connectivity index (χ1v) is 16.0. The van der Waals surface area contributed by atoms with Crippen molar-refractivity contribution >= 4 is 23.5 Å². The predicted octanol–water partition coefficient (Wildman–Crippen LogP) is 6.57. The first kappa shape index (κ1) is 34.8. The highest BCUT2D eigenvalue weighted by Crippen LogP contribution is 2.40. The Bertz CT molecular complexity index is 1770. The Morgan fingerprint density at radius 2 is 1.24 bits per heavy atom. The van der Waals surface area contributed by atoms with E-state index in [1.54, 1.807) is 30.3 Å². The van der Waals surface area contributed by atoms with E-state index in [1.165, 1.54) is 38.0 Å². The van der Waals surface area contributed by atoms with Crippen molar-refractivity contribution in [2.24, 2.45) is 0 Å². The fourth-order valence-corrected chi connectivity index (χ4v) is 6.08. The van der Waals surface area contributed by atoms with E-state index in [0.717, 1.165) is 52.8 Å². The molecule has 3 aliphatic rings. The number of phenols is 2. The normalized spacial score (nSPS) is 16.5. The van der Waals surface area contributed by atoms with E-state index in [2.05, 4.69) is 14.2 Å². The number of benzene rings is 4. The summed E-state index contributed by atoms with van der Waals surface area (Å²) in [5.41, 5.74) is 9.04. The molecule has 2 N–H and O–H groups in total. The number of rotatable bonds is 8. The highest BCUT2D eigenvalue weighted by molar-refractivity contribution is 5.95. The fraction of sp³-hybridized carbons (Fsp3) is 0.275. The number of hydrogen-bond donors (Lipinski definition) is 2. The summed E-state index contributed by atoms with van der Waals surface area (Å²) in [5, 5.41) is 18.5. The van der Waals surface area contributed by atoms with Crippen molar-refractivity contribution in [2.45, 2.75) is 50.5 Å². The van der Waals surface area contributed by atoms with Gasteiger partial charge in [-0.1, -0.05) is 48.5 Å². The van der Waals surface area contributed by atoms with Gasteiger partial charge in [-0.05, 0) is 112 Å². The summed E-state index contributed by atoms with van der Waals surface area (Å²) in [7, 11) is 4.17. The zero-order chi connectivity index (χ0) is 34.9. The highest BCUT2D eigenvalue weighted by Gasteiger charge is 2.29. The van der Waals surface area contributed by atoms with Gasteiger partial charge in [-0.3, -0.25) is 9.59 Å². The van der Waals surface area contributed by atoms with Gasteiger partial charge < -0.3 is 29.2 Å². The summed E-state index contributed by atoms with van der Waals surface area (Å²) in [6.45, 7) is 0.537. The topological polar surface area (TPSA) is 129 Å². The van der Waals surface area contributed by atoms with Crippen LogP contribution in [-0.2, 0) is 54.5 Å². The molecule has 9 heteroatoms. The monoisotopic (exact) mass is 664 g/mol. The predicted molar refractivity (Wildman–Crippen MR) is 183 cm³/mol. The fourth-order valence-electron chi connectivity index (χ4n) is 6.08. The summed E-state index contributed by atoms with van der Waals surface area (Å²) in [6.07, 6.45) is 4.99. The second-order valence-electron chi connectivity index (χ2n) is 12.1. The molecule has 0 radical (unpaired) electrons. The second kappa shape index (κ2) is 16.0. The third kappa shape index (κ3) is 8.87. The van der Waals surface area contributed by atoms with Gasteiger partial charge in [0.15, 0.2) is 0 Å². The molecule has 49 heavy (non-hydrogen) atoms. The number of fused-ring (bicyclic) bond motifs is 3. The van der Waals surface area contributed by atoms with Crippen molar-refractivity contribution in [3.05, 3.63) is 130 Å². The van der Waals surface area contributed by atoms with Crippen LogP contribution in [0.1, 0.15) is 63.6 Å². The minimum Gasteiger partial charge on any atom is -0.508 e. The average molecular weight is 665 g/mol. The van der Waals surface area contributed by atoms with Gasteiger partial charge >= 0.3 is 17.9 Å². The van der Waals surface area contributed by atoms with Crippen LogP contribution in [0, 0.1) is 0 Å². The van der Waals surface area contributed by atoms with E-state index in [0.29, 0.717) is 19.4 Å². The molecule has 4 aromatic rings. The van der Waals surface area contributed by atoms with Crippen LogP contribution in [0.3, 0.4) is 0 Å². The van der Waals surface area contributed by atoms with Crippen LogP contribution in [0.25, 0.3) is 5.57 Å². The van der Waals surface area contributed by atoms with Crippen LogP contribution in [0.5, 0.6) is 17.2 Å². The van der Waals surface area contributed by atoms with E-state index < -0.39 is 0 Å². The van der Waals surface area contributed by atoms with Gasteiger partial charge in [-0.25, -0.2) is 4.79 Å². The maximum absolute atomic E-state index is 11.3. The molecule has 0 saturated carbocycles. The molecule has 0 fully saturated rings. The minimum absolute atomic E-state index is 0.191. The molecular formula is C40H40O9. The van der Waals surface area contributed by atoms with Crippen molar-refractivity contribution < 1.29 is 43.5 Å². The Balaban J connectivity index is 0.000000148. The van der Waals surface area contributed by atoms with Gasteiger partial charge in [0.2, 0.25) is 0 Å². The maximum atomic E-state index is 11.3. The van der Waals surface area contributed by atoms with Gasteiger partial charge in [0.05, 0.1) is 34.2 Å². The molecule has 0 unspecified atom stereocenters. The Labute approximate surface area is 285 Å². The lowest BCUT2D eigenvalue weighted by Crippen LogP contribution is -2.20. The van der Waals surface area contributed by atoms with Crippen molar-refractivity contribution in [3.8, 4) is 17.2 Å². The van der Waals surface area contributed by atoms with Crippen LogP contribution in [0.2, 0.25) is 0 Å². The first-order valence-electron chi connectivity index (χ1n) is 16.0. The molecule has 0 amide bonds. The number of methoxy groups -OCH3 is 3. The van der Waals surface area contributed by atoms with E-state index in [9.17, 15) is 24.6 Å². The maximum Gasteiger partial charge on any atom is 0.330 e. The van der Waals surface area contributed by atoms with Crippen LogP contribution in [0.4, 0.5) is 0 Å². The number of phenolic OH excluding ortho intramolecular Hbond substituents is 2. The van der Waals surface area contributed by atoms with E-state index in [-0.39, 0.29) is 41.2 Å². The summed E-state index contributed by atoms with van der Waals surface area (Å²) >= 11 is 0. The van der Waals surface area contributed by atoms with Gasteiger partial charge in [0.1, 0.15) is 23.9 Å². The number of aromatic hydroxyl groups is 2. The smallest absolute Gasteiger partial charge is 0.330 e. The zero-order valence-corrected chi connectivity index (χ0v) is 27.8. The summed E-state index contributed by atoms with van der Waals surface area (Å²) in [6, 6.07) is 26.6. The average Bonchev–Trinajstić information content (AvgIpc) is 3.10. The molecular weight excluding hydrogens is 624 g/mol. The molecule has 0 aromatic heterocycles. The lowest BCUT2D eigenvalue weighted by molar-refractivity contribution is -0.142. The van der Waals surface area contributed by atoms with Crippen LogP contribution < -0.4 is 4.74 Å². The second-order valence-corrected chi connectivity index (χ2v) is 12.1. The highest BCUT2D eigenvalue weighted by atomic mass is 16.5. The molecule has 254 valence electrons. The van der Waals surface area contributed by atoms with Crippen LogP contribution in [0.15, 0.2) is 91.0 Å². The molecule has 0 saturated heterocycles. The van der Waals surface area contributed by atoms with Gasteiger partial charge in [0, 0.05) is 6.08 Å². The molecule has 0 heterocycles. The van der Waals surface area contributed by atoms with Gasteiger partial charge in [0.25, 0.3) is 0 Å². The third-order valence-corrected chi connectivity index (χ3v) is 8.90. The van der Waals surface area contributed by atoms with Crippen molar-refractivity contribution in [3.63, 3.8) is 0 Å². The van der Waals surface area contributed by atoms with E-state index in [1.807, 2.05) is 60.7 Å².